The molecule has 0 aromatic heterocycles. The van der Waals surface area contributed by atoms with Crippen LogP contribution in [0.1, 0.15) is 26.2 Å². The summed E-state index contributed by atoms with van der Waals surface area (Å²) < 4.78 is 16.3. The number of aliphatic hydroxyl groups excluding tert-OH is 1. The number of hydrogen-bond acceptors (Lipinski definition) is 5. The lowest BCUT2D eigenvalue weighted by Gasteiger charge is -2.13. The summed E-state index contributed by atoms with van der Waals surface area (Å²) in [7, 11) is 0. The van der Waals surface area contributed by atoms with Crippen LogP contribution in [0, 0.1) is 5.92 Å². The zero-order valence-corrected chi connectivity index (χ0v) is 12.8. The van der Waals surface area contributed by atoms with Gasteiger partial charge >= 0.3 is 0 Å². The van der Waals surface area contributed by atoms with E-state index in [4.69, 9.17) is 14.2 Å². The number of thioether (sulfide) groups is 1. The minimum absolute atomic E-state index is 0.134. The Balaban J connectivity index is 1.74. The van der Waals surface area contributed by atoms with Crippen molar-refractivity contribution in [3.8, 4) is 0 Å². The number of aliphatic hydroxyl groups is 1. The molecule has 114 valence electrons. The predicted molar refractivity (Wildman–Crippen MR) is 78.8 cm³/mol. The van der Waals surface area contributed by atoms with E-state index in [1.165, 1.54) is 6.42 Å². The lowest BCUT2D eigenvalue weighted by Crippen LogP contribution is -2.20. The summed E-state index contributed by atoms with van der Waals surface area (Å²) in [5.41, 5.74) is 0. The molecule has 1 N–H and O–H groups in total. The lowest BCUT2D eigenvalue weighted by atomic mass is 10.0. The van der Waals surface area contributed by atoms with Crippen molar-refractivity contribution in [2.75, 3.05) is 51.1 Å². The largest absolute Gasteiger partial charge is 0.392 e. The molecule has 2 atom stereocenters. The first-order valence-electron chi connectivity index (χ1n) is 7.33. The molecule has 4 nitrogen and oxygen atoms in total. The van der Waals surface area contributed by atoms with Crippen LogP contribution in [0.5, 0.6) is 0 Å². The van der Waals surface area contributed by atoms with Crippen LogP contribution < -0.4 is 0 Å². The van der Waals surface area contributed by atoms with Crippen molar-refractivity contribution < 1.29 is 19.3 Å². The van der Waals surface area contributed by atoms with Gasteiger partial charge < -0.3 is 19.3 Å². The van der Waals surface area contributed by atoms with Crippen LogP contribution in [0.25, 0.3) is 0 Å². The summed E-state index contributed by atoms with van der Waals surface area (Å²) in [5.74, 6) is 2.36. The Kier molecular flexibility index (Phi) is 10.9. The highest BCUT2D eigenvalue weighted by Gasteiger charge is 2.24. The van der Waals surface area contributed by atoms with Gasteiger partial charge in [0.2, 0.25) is 0 Å². The van der Waals surface area contributed by atoms with Gasteiger partial charge in [0.1, 0.15) is 0 Å². The third-order valence-corrected chi connectivity index (χ3v) is 4.42. The van der Waals surface area contributed by atoms with Gasteiger partial charge in [0.15, 0.2) is 0 Å². The van der Waals surface area contributed by atoms with Crippen molar-refractivity contribution in [3.05, 3.63) is 0 Å². The smallest absolute Gasteiger partial charge is 0.0701 e. The standard InChI is InChI=1S/C14H28O4S/c1-2-3-5-16-7-9-18-10-8-17-6-4-13-11-19-12-14(13)15/h13-15H,2-12H2,1H3. The van der Waals surface area contributed by atoms with Gasteiger partial charge in [-0.25, -0.2) is 0 Å². The highest BCUT2D eigenvalue weighted by molar-refractivity contribution is 7.99. The van der Waals surface area contributed by atoms with Crippen molar-refractivity contribution in [1.29, 1.82) is 0 Å². The molecular formula is C14H28O4S. The average molecular weight is 292 g/mol. The molecular weight excluding hydrogens is 264 g/mol. The van der Waals surface area contributed by atoms with Crippen LogP contribution >= 0.6 is 11.8 Å². The van der Waals surface area contributed by atoms with Crippen molar-refractivity contribution in [2.24, 2.45) is 5.92 Å². The van der Waals surface area contributed by atoms with E-state index in [0.717, 1.165) is 37.6 Å². The molecule has 0 aromatic rings. The molecule has 0 spiro atoms. The van der Waals surface area contributed by atoms with Gasteiger partial charge in [0, 0.05) is 19.0 Å². The van der Waals surface area contributed by atoms with E-state index < -0.39 is 0 Å². The van der Waals surface area contributed by atoms with Crippen molar-refractivity contribution in [2.45, 2.75) is 32.3 Å². The van der Waals surface area contributed by atoms with E-state index in [0.29, 0.717) is 32.3 Å². The summed E-state index contributed by atoms with van der Waals surface area (Å²) in [4.78, 5) is 0. The van der Waals surface area contributed by atoms with Crippen molar-refractivity contribution >= 4 is 11.8 Å². The van der Waals surface area contributed by atoms with E-state index in [9.17, 15) is 5.11 Å². The Bertz CT molecular complexity index is 204. The van der Waals surface area contributed by atoms with Gasteiger partial charge in [-0.2, -0.15) is 11.8 Å². The molecule has 5 heteroatoms. The first kappa shape index (κ1) is 17.2. The molecule has 0 aromatic carbocycles. The Labute approximate surface area is 121 Å². The molecule has 1 heterocycles. The number of hydrogen-bond donors (Lipinski definition) is 1. The minimum Gasteiger partial charge on any atom is -0.392 e. The molecule has 0 amide bonds. The summed E-state index contributed by atoms with van der Waals surface area (Å²) >= 11 is 1.83. The van der Waals surface area contributed by atoms with Crippen LogP contribution in [0.3, 0.4) is 0 Å². The SMILES string of the molecule is CCCCOCCOCCOCCC1CSCC1O. The molecule has 1 fully saturated rings. The van der Waals surface area contributed by atoms with E-state index in [1.54, 1.807) is 0 Å². The van der Waals surface area contributed by atoms with E-state index >= 15 is 0 Å². The highest BCUT2D eigenvalue weighted by atomic mass is 32.2. The second-order valence-corrected chi connectivity index (χ2v) is 5.92. The molecule has 19 heavy (non-hydrogen) atoms. The Morgan fingerprint density at radius 2 is 1.58 bits per heavy atom. The fraction of sp³-hybridized carbons (Fsp3) is 1.00. The molecule has 0 radical (unpaired) electrons. The Hall–Kier alpha value is 0.190. The molecule has 0 bridgehead atoms. The zero-order chi connectivity index (χ0) is 13.8. The van der Waals surface area contributed by atoms with E-state index in [2.05, 4.69) is 6.92 Å². The maximum Gasteiger partial charge on any atom is 0.0701 e. The monoisotopic (exact) mass is 292 g/mol. The van der Waals surface area contributed by atoms with Gasteiger partial charge in [0.25, 0.3) is 0 Å². The normalized spacial score (nSPS) is 23.1. The van der Waals surface area contributed by atoms with Crippen LogP contribution in [0.2, 0.25) is 0 Å². The van der Waals surface area contributed by atoms with Crippen LogP contribution in [-0.2, 0) is 14.2 Å². The lowest BCUT2D eigenvalue weighted by molar-refractivity contribution is 0.00949. The van der Waals surface area contributed by atoms with Crippen molar-refractivity contribution in [3.63, 3.8) is 0 Å². The summed E-state index contributed by atoms with van der Waals surface area (Å²) in [6, 6.07) is 0. The molecule has 0 saturated carbocycles. The second kappa shape index (κ2) is 12.0. The van der Waals surface area contributed by atoms with Gasteiger partial charge in [0.05, 0.1) is 32.5 Å². The second-order valence-electron chi connectivity index (χ2n) is 4.84. The number of ether oxygens (including phenoxy) is 3. The van der Waals surface area contributed by atoms with Gasteiger partial charge in [-0.15, -0.1) is 0 Å². The molecule has 1 aliphatic heterocycles. The van der Waals surface area contributed by atoms with Gasteiger partial charge in [-0.3, -0.25) is 0 Å². The minimum atomic E-state index is -0.134. The van der Waals surface area contributed by atoms with Gasteiger partial charge in [-0.1, -0.05) is 13.3 Å². The Morgan fingerprint density at radius 3 is 2.16 bits per heavy atom. The third-order valence-electron chi connectivity index (χ3n) is 3.18. The molecule has 1 rings (SSSR count). The van der Waals surface area contributed by atoms with Crippen LogP contribution in [0.4, 0.5) is 0 Å². The molecule has 1 saturated heterocycles. The topological polar surface area (TPSA) is 47.9 Å². The van der Waals surface area contributed by atoms with E-state index in [1.807, 2.05) is 11.8 Å². The number of rotatable bonds is 12. The maximum absolute atomic E-state index is 9.64. The van der Waals surface area contributed by atoms with Crippen molar-refractivity contribution in [1.82, 2.24) is 0 Å². The molecule has 0 aliphatic carbocycles. The van der Waals surface area contributed by atoms with E-state index in [-0.39, 0.29) is 6.10 Å². The first-order chi connectivity index (χ1) is 9.34. The first-order valence-corrected chi connectivity index (χ1v) is 8.49. The third kappa shape index (κ3) is 8.87. The summed E-state index contributed by atoms with van der Waals surface area (Å²) in [6.45, 7) is 6.28. The average Bonchev–Trinajstić information content (AvgIpc) is 2.82. The molecule has 1 aliphatic rings. The Morgan fingerprint density at radius 1 is 0.947 bits per heavy atom. The maximum atomic E-state index is 9.64. The summed E-state index contributed by atoms with van der Waals surface area (Å²) in [6.07, 6.45) is 3.11. The van der Waals surface area contributed by atoms with Crippen LogP contribution in [0.15, 0.2) is 0 Å². The summed E-state index contributed by atoms with van der Waals surface area (Å²) in [5, 5.41) is 9.64. The zero-order valence-electron chi connectivity index (χ0n) is 12.0. The number of unbranched alkanes of at least 4 members (excludes halogenated alkanes) is 1. The fourth-order valence-electron chi connectivity index (χ4n) is 1.89. The quantitative estimate of drug-likeness (QED) is 0.557. The molecule has 2 unspecified atom stereocenters. The van der Waals surface area contributed by atoms with Gasteiger partial charge in [-0.05, 0) is 24.5 Å². The predicted octanol–water partition coefficient (Wildman–Crippen LogP) is 1.95. The fourth-order valence-corrected chi connectivity index (χ4v) is 3.23. The van der Waals surface area contributed by atoms with Crippen LogP contribution in [-0.4, -0.2) is 62.4 Å². The highest BCUT2D eigenvalue weighted by Crippen LogP contribution is 2.26.